The molecule has 31 heavy (non-hydrogen) atoms. The number of aryl methyl sites for hydroxylation is 1. The molecular weight excluding hydrogens is 390 g/mol. The number of aliphatic imine (C=N–C) groups is 1. The number of para-hydroxylation sites is 2. The van der Waals surface area contributed by atoms with Crippen LogP contribution in [0.3, 0.4) is 0 Å². The molecule has 6 nitrogen and oxygen atoms in total. The van der Waals surface area contributed by atoms with E-state index in [2.05, 4.69) is 5.32 Å². The number of methoxy groups -OCH3 is 1. The summed E-state index contributed by atoms with van der Waals surface area (Å²) in [5.41, 5.74) is 4.62. The second kappa shape index (κ2) is 8.83. The van der Waals surface area contributed by atoms with Gasteiger partial charge in [0.05, 0.1) is 30.6 Å². The molecule has 0 saturated carbocycles. The van der Waals surface area contributed by atoms with Crippen LogP contribution in [0.15, 0.2) is 77.8 Å². The zero-order chi connectivity index (χ0) is 21.8. The van der Waals surface area contributed by atoms with Crippen LogP contribution in [0.25, 0.3) is 0 Å². The molecule has 0 atom stereocenters. The van der Waals surface area contributed by atoms with Gasteiger partial charge in [-0.15, -0.1) is 0 Å². The molecular formula is C25H23N3O3. The van der Waals surface area contributed by atoms with Gasteiger partial charge >= 0.3 is 0 Å². The van der Waals surface area contributed by atoms with Crippen molar-refractivity contribution in [2.75, 3.05) is 23.9 Å². The predicted molar refractivity (Wildman–Crippen MR) is 122 cm³/mol. The van der Waals surface area contributed by atoms with Crippen molar-refractivity contribution in [2.24, 2.45) is 4.99 Å². The first kappa shape index (κ1) is 20.3. The third kappa shape index (κ3) is 4.64. The van der Waals surface area contributed by atoms with E-state index in [0.29, 0.717) is 28.5 Å². The summed E-state index contributed by atoms with van der Waals surface area (Å²) in [5, 5.41) is 2.83. The Morgan fingerprint density at radius 1 is 1.06 bits per heavy atom. The summed E-state index contributed by atoms with van der Waals surface area (Å²) in [7, 11) is 1.57. The average Bonchev–Trinajstić information content (AvgIpc) is 2.91. The predicted octanol–water partition coefficient (Wildman–Crippen LogP) is 4.50. The Morgan fingerprint density at radius 2 is 1.84 bits per heavy atom. The zero-order valence-electron chi connectivity index (χ0n) is 17.5. The molecule has 0 unspecified atom stereocenters. The highest BCUT2D eigenvalue weighted by Gasteiger charge is 2.26. The molecule has 156 valence electrons. The highest BCUT2D eigenvalue weighted by molar-refractivity contribution is 6.19. The maximum atomic E-state index is 13.2. The Morgan fingerprint density at radius 3 is 2.61 bits per heavy atom. The maximum Gasteiger partial charge on any atom is 0.244 e. The smallest absolute Gasteiger partial charge is 0.244 e. The van der Waals surface area contributed by atoms with E-state index in [1.807, 2.05) is 55.5 Å². The molecule has 0 fully saturated rings. The van der Waals surface area contributed by atoms with Crippen LogP contribution in [-0.2, 0) is 9.59 Å². The van der Waals surface area contributed by atoms with Crippen LogP contribution < -0.4 is 15.0 Å². The van der Waals surface area contributed by atoms with E-state index in [1.165, 1.54) is 4.90 Å². The van der Waals surface area contributed by atoms with Crippen molar-refractivity contribution in [3.05, 3.63) is 83.9 Å². The number of nitrogens with one attached hydrogen (secondary N) is 1. The number of carbonyl (C=O) groups is 2. The number of hydrogen-bond acceptors (Lipinski definition) is 4. The van der Waals surface area contributed by atoms with Gasteiger partial charge in [-0.25, -0.2) is 0 Å². The number of carbonyl (C=O) groups excluding carboxylic acids is 2. The van der Waals surface area contributed by atoms with Crippen molar-refractivity contribution in [3.63, 3.8) is 0 Å². The van der Waals surface area contributed by atoms with Crippen LogP contribution in [0.1, 0.15) is 17.5 Å². The van der Waals surface area contributed by atoms with Crippen molar-refractivity contribution < 1.29 is 14.3 Å². The van der Waals surface area contributed by atoms with Gasteiger partial charge in [0.15, 0.2) is 0 Å². The molecule has 1 heterocycles. The third-order valence-corrected chi connectivity index (χ3v) is 5.09. The van der Waals surface area contributed by atoms with Crippen LogP contribution >= 0.6 is 0 Å². The van der Waals surface area contributed by atoms with Gasteiger partial charge in [-0.05, 0) is 36.8 Å². The molecule has 3 aromatic rings. The van der Waals surface area contributed by atoms with Gasteiger partial charge in [-0.2, -0.15) is 0 Å². The fourth-order valence-electron chi connectivity index (χ4n) is 3.48. The van der Waals surface area contributed by atoms with E-state index in [9.17, 15) is 9.59 Å². The maximum absolute atomic E-state index is 13.2. The summed E-state index contributed by atoms with van der Waals surface area (Å²) in [6.07, 6.45) is 0.115. The topological polar surface area (TPSA) is 71.0 Å². The molecule has 0 aromatic heterocycles. The highest BCUT2D eigenvalue weighted by Crippen LogP contribution is 2.33. The Hall–Kier alpha value is -3.93. The lowest BCUT2D eigenvalue weighted by molar-refractivity contribution is -0.120. The fourth-order valence-corrected chi connectivity index (χ4v) is 3.48. The minimum atomic E-state index is -0.296. The molecule has 0 aliphatic carbocycles. The molecule has 1 aliphatic heterocycles. The van der Waals surface area contributed by atoms with Crippen LogP contribution in [0.4, 0.5) is 17.1 Å². The minimum absolute atomic E-state index is 0.107. The molecule has 3 aromatic carbocycles. The first-order valence-electron chi connectivity index (χ1n) is 10.0. The Balaban J connectivity index is 1.59. The lowest BCUT2D eigenvalue weighted by atomic mass is 10.1. The van der Waals surface area contributed by atoms with Crippen LogP contribution in [0.5, 0.6) is 5.75 Å². The summed E-state index contributed by atoms with van der Waals surface area (Å²) in [6.45, 7) is 1.91. The summed E-state index contributed by atoms with van der Waals surface area (Å²) in [6, 6.07) is 22.4. The van der Waals surface area contributed by atoms with Crippen molar-refractivity contribution in [1.29, 1.82) is 0 Å². The zero-order valence-corrected chi connectivity index (χ0v) is 17.5. The van der Waals surface area contributed by atoms with Gasteiger partial charge in [0.2, 0.25) is 11.8 Å². The second-order valence-corrected chi connectivity index (χ2v) is 7.35. The molecule has 6 heteroatoms. The number of hydrogen-bond donors (Lipinski definition) is 1. The summed E-state index contributed by atoms with van der Waals surface area (Å²) < 4.78 is 5.20. The van der Waals surface area contributed by atoms with Gasteiger partial charge in [0.1, 0.15) is 12.3 Å². The van der Waals surface area contributed by atoms with Gasteiger partial charge in [-0.1, -0.05) is 48.0 Å². The molecule has 0 radical (unpaired) electrons. The second-order valence-electron chi connectivity index (χ2n) is 7.35. The normalized spacial score (nSPS) is 13.2. The molecule has 2 amide bonds. The fraction of sp³-hybridized carbons (Fsp3) is 0.160. The SMILES string of the molecule is COc1cccc(NC(=O)CN2C(=O)CC(c3ccc(C)cc3)=Nc3ccccc32)c1. The number of benzene rings is 3. The summed E-state index contributed by atoms with van der Waals surface area (Å²) in [5.74, 6) is 0.172. The molecule has 0 saturated heterocycles. The van der Waals surface area contributed by atoms with Crippen LogP contribution in [0, 0.1) is 6.92 Å². The number of anilines is 2. The monoisotopic (exact) mass is 413 g/mol. The Labute approximate surface area is 181 Å². The van der Waals surface area contributed by atoms with Crippen molar-refractivity contribution in [2.45, 2.75) is 13.3 Å². The number of rotatable bonds is 5. The Kier molecular flexibility index (Phi) is 5.80. The molecule has 1 N–H and O–H groups in total. The first-order valence-corrected chi connectivity index (χ1v) is 10.0. The van der Waals surface area contributed by atoms with E-state index in [1.54, 1.807) is 31.4 Å². The minimum Gasteiger partial charge on any atom is -0.497 e. The van der Waals surface area contributed by atoms with E-state index < -0.39 is 0 Å². The number of amides is 2. The van der Waals surface area contributed by atoms with Gasteiger partial charge < -0.3 is 15.0 Å². The standard InChI is InChI=1S/C25H23N3O3/c1-17-10-12-18(13-11-17)22-15-25(30)28(23-9-4-3-8-21(23)27-22)16-24(29)26-19-6-5-7-20(14-19)31-2/h3-14H,15-16H2,1-2H3,(H,26,29). The average molecular weight is 413 g/mol. The van der Waals surface area contributed by atoms with E-state index in [0.717, 1.165) is 11.1 Å². The van der Waals surface area contributed by atoms with Gasteiger partial charge in [0.25, 0.3) is 0 Å². The lowest BCUT2D eigenvalue weighted by Crippen LogP contribution is -2.38. The van der Waals surface area contributed by atoms with E-state index in [4.69, 9.17) is 9.73 Å². The third-order valence-electron chi connectivity index (χ3n) is 5.09. The van der Waals surface area contributed by atoms with Crippen molar-refractivity contribution in [1.82, 2.24) is 0 Å². The van der Waals surface area contributed by atoms with Crippen molar-refractivity contribution >= 4 is 34.6 Å². The largest absolute Gasteiger partial charge is 0.497 e. The summed E-state index contributed by atoms with van der Waals surface area (Å²) in [4.78, 5) is 32.2. The van der Waals surface area contributed by atoms with Gasteiger partial charge in [-0.3, -0.25) is 14.6 Å². The van der Waals surface area contributed by atoms with Crippen molar-refractivity contribution in [3.8, 4) is 5.75 Å². The number of fused-ring (bicyclic) bond motifs is 1. The molecule has 4 rings (SSSR count). The van der Waals surface area contributed by atoms with E-state index in [-0.39, 0.29) is 24.8 Å². The molecule has 0 bridgehead atoms. The molecule has 1 aliphatic rings. The summed E-state index contributed by atoms with van der Waals surface area (Å²) >= 11 is 0. The number of nitrogens with zero attached hydrogens (tertiary/aromatic N) is 2. The molecule has 0 spiro atoms. The van der Waals surface area contributed by atoms with Gasteiger partial charge in [0, 0.05) is 11.8 Å². The highest BCUT2D eigenvalue weighted by atomic mass is 16.5. The van der Waals surface area contributed by atoms with E-state index >= 15 is 0 Å². The number of ether oxygens (including phenoxy) is 1. The quantitative estimate of drug-likeness (QED) is 0.669. The Bertz CT molecular complexity index is 1150. The van der Waals surface area contributed by atoms with Crippen LogP contribution in [-0.4, -0.2) is 31.2 Å². The lowest BCUT2D eigenvalue weighted by Gasteiger charge is -2.22. The first-order chi connectivity index (χ1) is 15.0. The van der Waals surface area contributed by atoms with Crippen LogP contribution in [0.2, 0.25) is 0 Å².